The number of nitrogens with zero attached hydrogens (tertiary/aromatic N) is 1. The summed E-state index contributed by atoms with van der Waals surface area (Å²) in [5.41, 5.74) is 3.59. The summed E-state index contributed by atoms with van der Waals surface area (Å²) in [4.78, 5) is 29.7. The Labute approximate surface area is 134 Å². The van der Waals surface area contributed by atoms with Gasteiger partial charge in [-0.3, -0.25) is 9.74 Å². The van der Waals surface area contributed by atoms with Gasteiger partial charge in [0.25, 0.3) is 0 Å². The third-order valence-electron chi connectivity index (χ3n) is 3.49. The van der Waals surface area contributed by atoms with Gasteiger partial charge < -0.3 is 9.84 Å². The van der Waals surface area contributed by atoms with Gasteiger partial charge in [0.05, 0.1) is 12.6 Å². The lowest BCUT2D eigenvalue weighted by atomic mass is 10.2. The predicted molar refractivity (Wildman–Crippen MR) is 82.4 cm³/mol. The van der Waals surface area contributed by atoms with Crippen LogP contribution in [0.15, 0.2) is 43.0 Å². The van der Waals surface area contributed by atoms with Crippen molar-refractivity contribution in [2.45, 2.75) is 25.1 Å². The van der Waals surface area contributed by atoms with Crippen LogP contribution in [0, 0.1) is 0 Å². The number of amides is 1. The van der Waals surface area contributed by atoms with Gasteiger partial charge in [-0.2, -0.15) is 5.48 Å². The number of carbonyl (C=O) groups is 2. The average Bonchev–Trinajstić information content (AvgIpc) is 2.98. The van der Waals surface area contributed by atoms with Gasteiger partial charge in [-0.25, -0.2) is 9.59 Å². The van der Waals surface area contributed by atoms with Crippen molar-refractivity contribution in [2.24, 2.45) is 0 Å². The van der Waals surface area contributed by atoms with Crippen molar-refractivity contribution in [3.05, 3.63) is 48.6 Å². The molecule has 1 aromatic rings. The largest absolute Gasteiger partial charge is 0.465 e. The summed E-state index contributed by atoms with van der Waals surface area (Å²) in [5, 5.41) is 9.24. The second kappa shape index (κ2) is 8.30. The van der Waals surface area contributed by atoms with Crippen molar-refractivity contribution in [1.82, 2.24) is 10.4 Å². The summed E-state index contributed by atoms with van der Waals surface area (Å²) in [6.45, 7) is 4.10. The first-order valence-electron chi connectivity index (χ1n) is 7.30. The van der Waals surface area contributed by atoms with Crippen LogP contribution >= 0.6 is 0 Å². The molecule has 0 saturated carbocycles. The van der Waals surface area contributed by atoms with Crippen molar-refractivity contribution >= 4 is 12.1 Å². The molecular formula is C16H20N2O5. The average molecular weight is 320 g/mol. The lowest BCUT2D eigenvalue weighted by Gasteiger charge is -2.19. The molecule has 0 radical (unpaired) electrons. The fraction of sp³-hybridized carbons (Fsp3) is 0.375. The van der Waals surface area contributed by atoms with Crippen LogP contribution in [0.25, 0.3) is 0 Å². The van der Waals surface area contributed by atoms with E-state index in [2.05, 4.69) is 12.1 Å². The van der Waals surface area contributed by atoms with E-state index in [1.165, 1.54) is 0 Å². The maximum Gasteiger partial charge on any atom is 0.408 e. The van der Waals surface area contributed by atoms with Gasteiger partial charge in [0, 0.05) is 6.54 Å². The van der Waals surface area contributed by atoms with E-state index >= 15 is 0 Å². The Morgan fingerprint density at radius 3 is 2.78 bits per heavy atom. The Kier molecular flexibility index (Phi) is 6.13. The van der Waals surface area contributed by atoms with Crippen LogP contribution in [0.3, 0.4) is 0 Å². The maximum absolute atomic E-state index is 12.2. The zero-order chi connectivity index (χ0) is 16.7. The minimum Gasteiger partial charge on any atom is -0.465 e. The Morgan fingerprint density at radius 1 is 1.39 bits per heavy atom. The first kappa shape index (κ1) is 17.0. The summed E-state index contributed by atoms with van der Waals surface area (Å²) in [5.74, 6) is -0.552. The highest BCUT2D eigenvalue weighted by molar-refractivity contribution is 5.81. The van der Waals surface area contributed by atoms with Crippen LogP contribution in [0.4, 0.5) is 4.79 Å². The van der Waals surface area contributed by atoms with Crippen molar-refractivity contribution in [2.75, 3.05) is 13.2 Å². The fourth-order valence-electron chi connectivity index (χ4n) is 2.41. The number of hydrogen-bond donors (Lipinski definition) is 2. The second-order valence-electron chi connectivity index (χ2n) is 5.19. The molecule has 1 heterocycles. The Balaban J connectivity index is 1.90. The normalized spacial score (nSPS) is 20.3. The van der Waals surface area contributed by atoms with E-state index in [1.54, 1.807) is 6.08 Å². The van der Waals surface area contributed by atoms with E-state index in [9.17, 15) is 14.7 Å². The van der Waals surface area contributed by atoms with E-state index in [0.29, 0.717) is 13.0 Å². The first-order chi connectivity index (χ1) is 11.1. The highest BCUT2D eigenvalue weighted by atomic mass is 16.6. The monoisotopic (exact) mass is 320 g/mol. The van der Waals surface area contributed by atoms with Gasteiger partial charge in [-0.15, -0.1) is 6.58 Å². The van der Waals surface area contributed by atoms with E-state index in [0.717, 1.165) is 10.5 Å². The molecule has 2 atom stereocenters. The van der Waals surface area contributed by atoms with E-state index in [1.807, 2.05) is 30.3 Å². The van der Waals surface area contributed by atoms with E-state index in [4.69, 9.17) is 9.57 Å². The maximum atomic E-state index is 12.2. The summed E-state index contributed by atoms with van der Waals surface area (Å²) >= 11 is 0. The van der Waals surface area contributed by atoms with Crippen LogP contribution in [0.1, 0.15) is 12.0 Å². The molecule has 0 spiro atoms. The Hall–Kier alpha value is -2.38. The van der Waals surface area contributed by atoms with Gasteiger partial charge >= 0.3 is 12.1 Å². The number of likely N-dealkylation sites (tertiary alicyclic amines) is 1. The molecule has 2 rings (SSSR count). The molecule has 1 aromatic carbocycles. The Morgan fingerprint density at radius 2 is 2.13 bits per heavy atom. The molecule has 0 bridgehead atoms. The van der Waals surface area contributed by atoms with Gasteiger partial charge in [0.2, 0.25) is 0 Å². The molecule has 2 unspecified atom stereocenters. The summed E-state index contributed by atoms with van der Waals surface area (Å²) in [6, 6.07) is 8.14. The third kappa shape index (κ3) is 4.80. The molecule has 1 amide bonds. The van der Waals surface area contributed by atoms with Crippen molar-refractivity contribution in [1.29, 1.82) is 0 Å². The summed E-state index contributed by atoms with van der Waals surface area (Å²) < 4.78 is 5.24. The predicted octanol–water partition coefficient (Wildman–Crippen LogP) is 1.56. The van der Waals surface area contributed by atoms with Gasteiger partial charge in [-0.05, 0) is 12.0 Å². The van der Waals surface area contributed by atoms with Crippen LogP contribution in [-0.2, 0) is 21.0 Å². The van der Waals surface area contributed by atoms with Gasteiger partial charge in [0.1, 0.15) is 12.6 Å². The number of nitrogens with one attached hydrogen (secondary N) is 1. The third-order valence-corrected chi connectivity index (χ3v) is 3.49. The number of hydrogen-bond acceptors (Lipinski definition) is 5. The highest BCUT2D eigenvalue weighted by Gasteiger charge is 2.40. The molecule has 1 saturated heterocycles. The summed E-state index contributed by atoms with van der Waals surface area (Å²) in [6.07, 6.45) is 0.722. The number of ether oxygens (including phenoxy) is 1. The van der Waals surface area contributed by atoms with Crippen molar-refractivity contribution < 1.29 is 24.3 Å². The highest BCUT2D eigenvalue weighted by Crippen LogP contribution is 2.20. The van der Waals surface area contributed by atoms with Crippen LogP contribution in [0.5, 0.6) is 0 Å². The molecule has 0 aliphatic carbocycles. The molecule has 124 valence electrons. The quantitative estimate of drug-likeness (QED) is 0.343. The molecule has 2 N–H and O–H groups in total. The minimum absolute atomic E-state index is 0.120. The topological polar surface area (TPSA) is 88.1 Å². The number of benzene rings is 1. The zero-order valence-electron chi connectivity index (χ0n) is 12.7. The molecule has 0 aromatic heterocycles. The molecule has 1 aliphatic heterocycles. The fourth-order valence-corrected chi connectivity index (χ4v) is 2.41. The molecule has 7 nitrogen and oxygen atoms in total. The smallest absolute Gasteiger partial charge is 0.408 e. The second-order valence-corrected chi connectivity index (χ2v) is 5.19. The Bertz CT molecular complexity index is 549. The minimum atomic E-state index is -1.15. The molecular weight excluding hydrogens is 300 g/mol. The molecule has 7 heteroatoms. The lowest BCUT2D eigenvalue weighted by Crippen LogP contribution is -2.41. The molecule has 1 aliphatic rings. The zero-order valence-corrected chi connectivity index (χ0v) is 12.7. The number of carbonyl (C=O) groups excluding carboxylic acids is 1. The molecule has 1 fully saturated rings. The number of hydroxylamine groups is 1. The van der Waals surface area contributed by atoms with Crippen LogP contribution < -0.4 is 5.48 Å². The summed E-state index contributed by atoms with van der Waals surface area (Å²) in [7, 11) is 0. The van der Waals surface area contributed by atoms with Gasteiger partial charge in [-0.1, -0.05) is 36.4 Å². The first-order valence-corrected chi connectivity index (χ1v) is 7.30. The lowest BCUT2D eigenvalue weighted by molar-refractivity contribution is -0.149. The SMILES string of the molecule is C=CCONC1CC(C(=O)OCc2ccccc2)N(C(=O)O)C1. The number of rotatable bonds is 7. The van der Waals surface area contributed by atoms with Crippen LogP contribution in [-0.4, -0.2) is 47.3 Å². The van der Waals surface area contributed by atoms with Crippen LogP contribution in [0.2, 0.25) is 0 Å². The van der Waals surface area contributed by atoms with Crippen molar-refractivity contribution in [3.63, 3.8) is 0 Å². The number of carboxylic acid groups (broad SMARTS) is 1. The van der Waals surface area contributed by atoms with E-state index < -0.39 is 18.1 Å². The van der Waals surface area contributed by atoms with Crippen molar-refractivity contribution in [3.8, 4) is 0 Å². The van der Waals surface area contributed by atoms with E-state index in [-0.39, 0.29) is 19.2 Å². The number of esters is 1. The standard InChI is InChI=1S/C16H20N2O5/c1-2-8-23-17-13-9-14(18(10-13)16(20)21)15(19)22-11-12-6-4-3-5-7-12/h2-7,13-14,17H,1,8-11H2,(H,20,21). The van der Waals surface area contributed by atoms with Gasteiger partial charge in [0.15, 0.2) is 0 Å². The molecule has 23 heavy (non-hydrogen) atoms.